The second-order valence-electron chi connectivity index (χ2n) is 7.49. The first-order valence-electron chi connectivity index (χ1n) is 10.2. The van der Waals surface area contributed by atoms with Gasteiger partial charge in [0.05, 0.1) is 18.9 Å². The number of aromatic amines is 1. The molecule has 30 heavy (non-hydrogen) atoms. The minimum atomic E-state index is 0. The minimum absolute atomic E-state index is 0. The Labute approximate surface area is 194 Å². The second-order valence-corrected chi connectivity index (χ2v) is 7.49. The largest absolute Gasteiger partial charge is 0.357 e. The summed E-state index contributed by atoms with van der Waals surface area (Å²) >= 11 is 0. The fourth-order valence-electron chi connectivity index (χ4n) is 3.85. The first-order valence-corrected chi connectivity index (χ1v) is 10.2. The van der Waals surface area contributed by atoms with Crippen LogP contribution in [-0.2, 0) is 6.54 Å². The molecule has 4 rings (SSSR count). The monoisotopic (exact) mass is 520 g/mol. The Morgan fingerprint density at radius 1 is 1.37 bits per heavy atom. The van der Waals surface area contributed by atoms with Gasteiger partial charge in [-0.3, -0.25) is 5.10 Å². The molecule has 1 aliphatic rings. The van der Waals surface area contributed by atoms with E-state index in [0.29, 0.717) is 18.5 Å². The summed E-state index contributed by atoms with van der Waals surface area (Å²) in [7, 11) is 0. The van der Waals surface area contributed by atoms with Gasteiger partial charge in [-0.25, -0.2) is 15.0 Å². The summed E-state index contributed by atoms with van der Waals surface area (Å²) in [6, 6.07) is 8.68. The molecule has 8 nitrogen and oxygen atoms in total. The molecule has 2 aromatic heterocycles. The van der Waals surface area contributed by atoms with E-state index < -0.39 is 0 Å². The molecule has 2 unspecified atom stereocenters. The van der Waals surface area contributed by atoms with Crippen LogP contribution in [0.15, 0.2) is 54.3 Å². The quantitative estimate of drug-likeness (QED) is 0.306. The van der Waals surface area contributed by atoms with Gasteiger partial charge in [0.25, 0.3) is 0 Å². The standard InChI is InChI=1S/C21H28N8.HI/c1-3-23-21(28-9-7-16(2)19(13-28)29-10-8-22-15-29)24-12-17-5-4-6-18(11-17)20-25-14-26-27-20;/h4-6,8,10-11,14-16,19H,3,7,9,12-13H2,1-2H3,(H,23,24)(H,25,26,27);1H. The summed E-state index contributed by atoms with van der Waals surface area (Å²) in [5, 5.41) is 10.3. The van der Waals surface area contributed by atoms with Gasteiger partial charge in [0.1, 0.15) is 6.33 Å². The van der Waals surface area contributed by atoms with Gasteiger partial charge in [-0.2, -0.15) is 5.10 Å². The van der Waals surface area contributed by atoms with Crippen molar-refractivity contribution in [2.45, 2.75) is 32.9 Å². The summed E-state index contributed by atoms with van der Waals surface area (Å²) in [5.74, 6) is 2.35. The van der Waals surface area contributed by atoms with Gasteiger partial charge in [-0.05, 0) is 30.9 Å². The highest BCUT2D eigenvalue weighted by molar-refractivity contribution is 14.0. The summed E-state index contributed by atoms with van der Waals surface area (Å²) in [4.78, 5) is 15.8. The van der Waals surface area contributed by atoms with Crippen LogP contribution in [0.5, 0.6) is 0 Å². The van der Waals surface area contributed by atoms with Gasteiger partial charge >= 0.3 is 0 Å². The Bertz CT molecular complexity index is 922. The summed E-state index contributed by atoms with van der Waals surface area (Å²) in [5.41, 5.74) is 2.16. The molecule has 0 radical (unpaired) electrons. The zero-order chi connectivity index (χ0) is 20.1. The van der Waals surface area contributed by atoms with Crippen LogP contribution >= 0.6 is 24.0 Å². The van der Waals surface area contributed by atoms with Crippen LogP contribution in [0.1, 0.15) is 31.9 Å². The number of aromatic nitrogens is 5. The van der Waals surface area contributed by atoms with Crippen LogP contribution in [0.3, 0.4) is 0 Å². The van der Waals surface area contributed by atoms with E-state index in [9.17, 15) is 0 Å². The third kappa shape index (κ3) is 5.18. The number of halogens is 1. The normalized spacial score (nSPS) is 19.4. The van der Waals surface area contributed by atoms with E-state index >= 15 is 0 Å². The van der Waals surface area contributed by atoms with Crippen molar-refractivity contribution >= 4 is 29.9 Å². The van der Waals surface area contributed by atoms with Gasteiger partial charge in [-0.15, -0.1) is 24.0 Å². The highest BCUT2D eigenvalue weighted by Gasteiger charge is 2.28. The molecule has 3 aromatic rings. The van der Waals surface area contributed by atoms with Crippen molar-refractivity contribution < 1.29 is 0 Å². The van der Waals surface area contributed by atoms with Crippen molar-refractivity contribution in [3.8, 4) is 11.4 Å². The summed E-state index contributed by atoms with van der Waals surface area (Å²) in [6.07, 6.45) is 8.49. The van der Waals surface area contributed by atoms with E-state index in [1.54, 1.807) is 0 Å². The highest BCUT2D eigenvalue weighted by Crippen LogP contribution is 2.27. The van der Waals surface area contributed by atoms with E-state index in [1.165, 1.54) is 6.33 Å². The maximum absolute atomic E-state index is 4.93. The van der Waals surface area contributed by atoms with Gasteiger partial charge in [0.2, 0.25) is 0 Å². The average molecular weight is 520 g/mol. The van der Waals surface area contributed by atoms with Crippen LogP contribution in [-0.4, -0.2) is 55.2 Å². The Kier molecular flexibility index (Phi) is 7.83. The van der Waals surface area contributed by atoms with Crippen molar-refractivity contribution in [3.63, 3.8) is 0 Å². The zero-order valence-corrected chi connectivity index (χ0v) is 19.7. The van der Waals surface area contributed by atoms with E-state index in [0.717, 1.165) is 49.0 Å². The van der Waals surface area contributed by atoms with Crippen LogP contribution < -0.4 is 5.32 Å². The lowest BCUT2D eigenvalue weighted by molar-refractivity contribution is 0.189. The molecule has 160 valence electrons. The summed E-state index contributed by atoms with van der Waals surface area (Å²) in [6.45, 7) is 7.84. The number of benzene rings is 1. The van der Waals surface area contributed by atoms with Gasteiger partial charge in [0, 0.05) is 37.6 Å². The van der Waals surface area contributed by atoms with E-state index in [-0.39, 0.29) is 24.0 Å². The molecule has 1 fully saturated rings. The van der Waals surface area contributed by atoms with Crippen LogP contribution in [0.4, 0.5) is 0 Å². The van der Waals surface area contributed by atoms with Crippen molar-refractivity contribution in [2.75, 3.05) is 19.6 Å². The van der Waals surface area contributed by atoms with E-state index in [2.05, 4.69) is 67.1 Å². The van der Waals surface area contributed by atoms with Crippen LogP contribution in [0, 0.1) is 5.92 Å². The molecule has 1 aromatic carbocycles. The lowest BCUT2D eigenvalue weighted by Crippen LogP contribution is -2.49. The van der Waals surface area contributed by atoms with Gasteiger partial charge < -0.3 is 14.8 Å². The van der Waals surface area contributed by atoms with Crippen molar-refractivity contribution in [3.05, 3.63) is 54.9 Å². The van der Waals surface area contributed by atoms with Crippen LogP contribution in [0.2, 0.25) is 0 Å². The fourth-order valence-corrected chi connectivity index (χ4v) is 3.85. The van der Waals surface area contributed by atoms with Crippen molar-refractivity contribution in [1.29, 1.82) is 0 Å². The molecular formula is C21H29IN8. The maximum Gasteiger partial charge on any atom is 0.194 e. The minimum Gasteiger partial charge on any atom is -0.357 e. The first kappa shape index (κ1) is 22.3. The molecule has 2 atom stereocenters. The zero-order valence-electron chi connectivity index (χ0n) is 17.4. The number of hydrogen-bond acceptors (Lipinski definition) is 4. The van der Waals surface area contributed by atoms with E-state index in [4.69, 9.17) is 4.99 Å². The third-order valence-electron chi connectivity index (χ3n) is 5.49. The predicted molar refractivity (Wildman–Crippen MR) is 129 cm³/mol. The molecule has 2 N–H and O–H groups in total. The number of hydrogen-bond donors (Lipinski definition) is 2. The highest BCUT2D eigenvalue weighted by atomic mass is 127. The molecule has 0 saturated carbocycles. The van der Waals surface area contributed by atoms with Gasteiger partial charge in [-0.1, -0.05) is 25.1 Å². The van der Waals surface area contributed by atoms with Crippen molar-refractivity contribution in [1.82, 2.24) is 34.9 Å². The average Bonchev–Trinajstić information content (AvgIpc) is 3.46. The number of piperidine rings is 1. The number of aliphatic imine (C=N–C) groups is 1. The molecule has 0 spiro atoms. The molecule has 1 aliphatic heterocycles. The number of rotatable bonds is 5. The maximum atomic E-state index is 4.93. The smallest absolute Gasteiger partial charge is 0.194 e. The Morgan fingerprint density at radius 3 is 3.00 bits per heavy atom. The predicted octanol–water partition coefficient (Wildman–Crippen LogP) is 3.33. The second kappa shape index (κ2) is 10.6. The fraction of sp³-hybridized carbons (Fsp3) is 0.429. The Morgan fingerprint density at radius 2 is 2.27 bits per heavy atom. The number of imidazole rings is 1. The Hall–Kier alpha value is -2.43. The first-order chi connectivity index (χ1) is 14.2. The Balaban J connectivity index is 0.00000256. The number of guanidine groups is 1. The molecular weight excluding hydrogens is 491 g/mol. The number of nitrogens with zero attached hydrogens (tertiary/aromatic N) is 6. The summed E-state index contributed by atoms with van der Waals surface area (Å²) < 4.78 is 2.22. The third-order valence-corrected chi connectivity index (χ3v) is 5.49. The molecule has 0 bridgehead atoms. The van der Waals surface area contributed by atoms with Gasteiger partial charge in [0.15, 0.2) is 11.8 Å². The topological polar surface area (TPSA) is 87.0 Å². The van der Waals surface area contributed by atoms with Crippen molar-refractivity contribution in [2.24, 2.45) is 10.9 Å². The number of H-pyrrole nitrogens is 1. The molecule has 3 heterocycles. The molecule has 1 saturated heterocycles. The SMILES string of the molecule is CCNC(=NCc1cccc(-c2ncn[nH]2)c1)N1CCC(C)C(n2ccnc2)C1.I. The molecule has 0 amide bonds. The lowest BCUT2D eigenvalue weighted by atomic mass is 9.93. The van der Waals surface area contributed by atoms with Crippen LogP contribution in [0.25, 0.3) is 11.4 Å². The molecule has 9 heteroatoms. The number of likely N-dealkylation sites (tertiary alicyclic amines) is 1. The van der Waals surface area contributed by atoms with E-state index in [1.807, 2.05) is 24.7 Å². The molecule has 0 aliphatic carbocycles. The number of nitrogens with one attached hydrogen (secondary N) is 2. The lowest BCUT2D eigenvalue weighted by Gasteiger charge is -2.39.